The normalized spacial score (nSPS) is 16.8. The van der Waals surface area contributed by atoms with Gasteiger partial charge >= 0.3 is 0 Å². The molecule has 0 atom stereocenters. The molecule has 110 valence electrons. The standard InChI is InChI=1S/C16H25N3O/c1-16(2,3)18-11-13-7-4-5-8-14(13)19-10-6-9-17-15(20)12-19/h4-5,7-8,18H,6,9-12H2,1-3H3,(H,17,20). The summed E-state index contributed by atoms with van der Waals surface area (Å²) in [5.41, 5.74) is 2.50. The number of nitrogens with one attached hydrogen (secondary N) is 2. The minimum absolute atomic E-state index is 0.0866. The quantitative estimate of drug-likeness (QED) is 0.885. The Morgan fingerprint density at radius 3 is 2.80 bits per heavy atom. The number of anilines is 1. The molecule has 2 N–H and O–H groups in total. The highest BCUT2D eigenvalue weighted by Gasteiger charge is 2.18. The maximum absolute atomic E-state index is 11.7. The van der Waals surface area contributed by atoms with Crippen LogP contribution >= 0.6 is 0 Å². The molecular weight excluding hydrogens is 250 g/mol. The van der Waals surface area contributed by atoms with E-state index in [-0.39, 0.29) is 11.4 Å². The van der Waals surface area contributed by atoms with Gasteiger partial charge in [-0.05, 0) is 38.8 Å². The first-order valence-corrected chi connectivity index (χ1v) is 7.30. The van der Waals surface area contributed by atoms with Crippen LogP contribution < -0.4 is 15.5 Å². The van der Waals surface area contributed by atoms with Crippen LogP contribution in [0.15, 0.2) is 24.3 Å². The van der Waals surface area contributed by atoms with Gasteiger partial charge in [0.15, 0.2) is 0 Å². The lowest BCUT2D eigenvalue weighted by Gasteiger charge is -2.26. The smallest absolute Gasteiger partial charge is 0.239 e. The number of amides is 1. The molecule has 0 aromatic heterocycles. The van der Waals surface area contributed by atoms with Gasteiger partial charge < -0.3 is 15.5 Å². The third kappa shape index (κ3) is 4.23. The fourth-order valence-electron chi connectivity index (χ4n) is 2.34. The van der Waals surface area contributed by atoms with Gasteiger partial charge in [0.1, 0.15) is 0 Å². The van der Waals surface area contributed by atoms with E-state index in [1.165, 1.54) is 11.3 Å². The first-order valence-electron chi connectivity index (χ1n) is 7.30. The van der Waals surface area contributed by atoms with Crippen LogP contribution in [0.5, 0.6) is 0 Å². The largest absolute Gasteiger partial charge is 0.362 e. The first-order chi connectivity index (χ1) is 9.46. The van der Waals surface area contributed by atoms with E-state index in [0.717, 1.165) is 26.1 Å². The van der Waals surface area contributed by atoms with Crippen LogP contribution in [0.4, 0.5) is 5.69 Å². The number of hydrogen-bond acceptors (Lipinski definition) is 3. The van der Waals surface area contributed by atoms with Gasteiger partial charge in [-0.15, -0.1) is 0 Å². The number of rotatable bonds is 3. The monoisotopic (exact) mass is 275 g/mol. The SMILES string of the molecule is CC(C)(C)NCc1ccccc1N1CCCNC(=O)C1. The predicted octanol–water partition coefficient (Wildman–Crippen LogP) is 1.90. The number of benzene rings is 1. The zero-order chi connectivity index (χ0) is 14.6. The van der Waals surface area contributed by atoms with Crippen LogP contribution in [-0.2, 0) is 11.3 Å². The fourth-order valence-corrected chi connectivity index (χ4v) is 2.34. The van der Waals surface area contributed by atoms with Crippen LogP contribution in [0.3, 0.4) is 0 Å². The van der Waals surface area contributed by atoms with E-state index in [9.17, 15) is 4.79 Å². The van der Waals surface area contributed by atoms with Crippen molar-refractivity contribution >= 4 is 11.6 Å². The summed E-state index contributed by atoms with van der Waals surface area (Å²) < 4.78 is 0. The molecule has 4 heteroatoms. The van der Waals surface area contributed by atoms with E-state index in [1.54, 1.807) is 0 Å². The summed E-state index contributed by atoms with van der Waals surface area (Å²) in [7, 11) is 0. The van der Waals surface area contributed by atoms with Crippen LogP contribution in [0.1, 0.15) is 32.8 Å². The van der Waals surface area contributed by atoms with Crippen molar-refractivity contribution in [1.82, 2.24) is 10.6 Å². The highest BCUT2D eigenvalue weighted by atomic mass is 16.2. The average molecular weight is 275 g/mol. The summed E-state index contributed by atoms with van der Waals surface area (Å²) in [6.45, 7) is 9.45. The molecule has 0 unspecified atom stereocenters. The summed E-state index contributed by atoms with van der Waals surface area (Å²) in [5.74, 6) is 0.112. The topological polar surface area (TPSA) is 44.4 Å². The molecule has 4 nitrogen and oxygen atoms in total. The summed E-state index contributed by atoms with van der Waals surface area (Å²) in [6.07, 6.45) is 0.993. The minimum Gasteiger partial charge on any atom is -0.362 e. The molecule has 1 heterocycles. The van der Waals surface area contributed by atoms with Crippen molar-refractivity contribution in [1.29, 1.82) is 0 Å². The van der Waals surface area contributed by atoms with Crippen molar-refractivity contribution in [2.75, 3.05) is 24.5 Å². The fraction of sp³-hybridized carbons (Fsp3) is 0.562. The summed E-state index contributed by atoms with van der Waals surface area (Å²) >= 11 is 0. The molecule has 0 bridgehead atoms. The molecule has 0 spiro atoms. The molecule has 1 saturated heterocycles. The molecule has 2 rings (SSSR count). The molecule has 1 amide bonds. The van der Waals surface area contributed by atoms with E-state index < -0.39 is 0 Å². The molecule has 0 saturated carbocycles. The summed E-state index contributed by atoms with van der Waals surface area (Å²) in [4.78, 5) is 13.9. The lowest BCUT2D eigenvalue weighted by atomic mass is 10.1. The van der Waals surface area contributed by atoms with Gasteiger partial charge in [-0.2, -0.15) is 0 Å². The molecular formula is C16H25N3O. The van der Waals surface area contributed by atoms with Crippen molar-refractivity contribution in [3.05, 3.63) is 29.8 Å². The Bertz CT molecular complexity index is 465. The van der Waals surface area contributed by atoms with E-state index in [1.807, 2.05) is 6.07 Å². The molecule has 0 aliphatic carbocycles. The minimum atomic E-state index is 0.0866. The third-order valence-electron chi connectivity index (χ3n) is 3.40. The Labute approximate surface area is 121 Å². The highest BCUT2D eigenvalue weighted by Crippen LogP contribution is 2.21. The van der Waals surface area contributed by atoms with E-state index in [2.05, 4.69) is 54.5 Å². The first kappa shape index (κ1) is 14.9. The predicted molar refractivity (Wildman–Crippen MR) is 82.9 cm³/mol. The van der Waals surface area contributed by atoms with Gasteiger partial charge in [0.05, 0.1) is 6.54 Å². The van der Waals surface area contributed by atoms with Gasteiger partial charge in [0.25, 0.3) is 0 Å². The summed E-state index contributed by atoms with van der Waals surface area (Å²) in [5, 5.41) is 6.44. The van der Waals surface area contributed by atoms with Gasteiger partial charge in [0.2, 0.25) is 5.91 Å². The van der Waals surface area contributed by atoms with Gasteiger partial charge in [0, 0.05) is 30.9 Å². The van der Waals surface area contributed by atoms with Crippen molar-refractivity contribution in [3.8, 4) is 0 Å². The van der Waals surface area contributed by atoms with Gasteiger partial charge in [-0.25, -0.2) is 0 Å². The van der Waals surface area contributed by atoms with E-state index in [0.29, 0.717) is 6.54 Å². The Balaban J connectivity index is 2.15. The second-order valence-electron chi connectivity index (χ2n) is 6.36. The van der Waals surface area contributed by atoms with E-state index in [4.69, 9.17) is 0 Å². The number of hydrogen-bond donors (Lipinski definition) is 2. The number of carbonyl (C=O) groups excluding carboxylic acids is 1. The molecule has 1 aromatic carbocycles. The van der Waals surface area contributed by atoms with Gasteiger partial charge in [-0.3, -0.25) is 4.79 Å². The highest BCUT2D eigenvalue weighted by molar-refractivity contribution is 5.82. The molecule has 1 aliphatic rings. The van der Waals surface area contributed by atoms with Crippen LogP contribution in [-0.4, -0.2) is 31.1 Å². The van der Waals surface area contributed by atoms with Crippen molar-refractivity contribution in [2.24, 2.45) is 0 Å². The number of para-hydroxylation sites is 1. The molecule has 1 fully saturated rings. The maximum Gasteiger partial charge on any atom is 0.239 e. The number of carbonyl (C=O) groups is 1. The van der Waals surface area contributed by atoms with Crippen LogP contribution in [0.2, 0.25) is 0 Å². The average Bonchev–Trinajstić information content (AvgIpc) is 2.60. The zero-order valence-corrected chi connectivity index (χ0v) is 12.7. The third-order valence-corrected chi connectivity index (χ3v) is 3.40. The molecule has 1 aliphatic heterocycles. The van der Waals surface area contributed by atoms with Crippen molar-refractivity contribution in [3.63, 3.8) is 0 Å². The maximum atomic E-state index is 11.7. The second kappa shape index (κ2) is 6.27. The summed E-state index contributed by atoms with van der Waals surface area (Å²) in [6, 6.07) is 8.34. The Hall–Kier alpha value is -1.55. The lowest BCUT2D eigenvalue weighted by Crippen LogP contribution is -2.37. The van der Waals surface area contributed by atoms with Crippen molar-refractivity contribution < 1.29 is 4.79 Å². The lowest BCUT2D eigenvalue weighted by molar-refractivity contribution is -0.119. The Kier molecular flexibility index (Phi) is 4.65. The van der Waals surface area contributed by atoms with E-state index >= 15 is 0 Å². The number of nitrogens with zero attached hydrogens (tertiary/aromatic N) is 1. The molecule has 20 heavy (non-hydrogen) atoms. The Morgan fingerprint density at radius 2 is 2.05 bits per heavy atom. The van der Waals surface area contributed by atoms with Crippen molar-refractivity contribution in [2.45, 2.75) is 39.3 Å². The van der Waals surface area contributed by atoms with Crippen LogP contribution in [0, 0.1) is 0 Å². The Morgan fingerprint density at radius 1 is 1.30 bits per heavy atom. The van der Waals surface area contributed by atoms with Crippen LogP contribution in [0.25, 0.3) is 0 Å². The molecule has 0 radical (unpaired) electrons. The van der Waals surface area contributed by atoms with Gasteiger partial charge in [-0.1, -0.05) is 18.2 Å². The molecule has 1 aromatic rings. The second-order valence-corrected chi connectivity index (χ2v) is 6.36. The zero-order valence-electron chi connectivity index (χ0n) is 12.7.